The molecule has 0 spiro atoms. The van der Waals surface area contributed by atoms with Crippen LogP contribution in [0.15, 0.2) is 0 Å². The van der Waals surface area contributed by atoms with Gasteiger partial charge in [-0.05, 0) is 63.7 Å². The third kappa shape index (κ3) is 5.27. The minimum Gasteiger partial charge on any atom is -0.316 e. The second-order valence-corrected chi connectivity index (χ2v) is 6.77. The van der Waals surface area contributed by atoms with Crippen LogP contribution in [0, 0.1) is 17.8 Å². The van der Waals surface area contributed by atoms with Crippen molar-refractivity contribution in [3.05, 3.63) is 0 Å². The zero-order valence-corrected chi connectivity index (χ0v) is 13.2. The second-order valence-electron chi connectivity index (χ2n) is 6.77. The van der Waals surface area contributed by atoms with Crippen LogP contribution in [-0.4, -0.2) is 37.6 Å². The van der Waals surface area contributed by atoms with Crippen molar-refractivity contribution in [3.8, 4) is 0 Å². The Bertz CT molecular complexity index is 205. The SMILES string of the molecule is CC(C)C(CNCCC1CCCCN1C)C(C)C. The summed E-state index contributed by atoms with van der Waals surface area (Å²) in [4.78, 5) is 2.55. The maximum Gasteiger partial charge on any atom is 0.0104 e. The van der Waals surface area contributed by atoms with Crippen LogP contribution in [0.2, 0.25) is 0 Å². The molecule has 0 aliphatic carbocycles. The lowest BCUT2D eigenvalue weighted by Gasteiger charge is -2.33. The summed E-state index contributed by atoms with van der Waals surface area (Å²) in [6.07, 6.45) is 5.54. The molecule has 1 fully saturated rings. The van der Waals surface area contributed by atoms with Gasteiger partial charge < -0.3 is 10.2 Å². The van der Waals surface area contributed by atoms with E-state index in [1.807, 2.05) is 0 Å². The maximum absolute atomic E-state index is 3.69. The van der Waals surface area contributed by atoms with Gasteiger partial charge >= 0.3 is 0 Å². The van der Waals surface area contributed by atoms with Crippen molar-refractivity contribution in [1.82, 2.24) is 10.2 Å². The van der Waals surface area contributed by atoms with Gasteiger partial charge in [0, 0.05) is 6.04 Å². The van der Waals surface area contributed by atoms with Crippen molar-refractivity contribution >= 4 is 0 Å². The molecule has 108 valence electrons. The third-order valence-corrected chi connectivity index (χ3v) is 4.67. The fourth-order valence-electron chi connectivity index (χ4n) is 3.29. The Labute approximate surface area is 115 Å². The molecule has 0 saturated carbocycles. The van der Waals surface area contributed by atoms with E-state index in [0.29, 0.717) is 0 Å². The van der Waals surface area contributed by atoms with E-state index in [-0.39, 0.29) is 0 Å². The van der Waals surface area contributed by atoms with Crippen molar-refractivity contribution < 1.29 is 0 Å². The Morgan fingerprint density at radius 2 is 1.78 bits per heavy atom. The number of hydrogen-bond donors (Lipinski definition) is 1. The van der Waals surface area contributed by atoms with E-state index in [9.17, 15) is 0 Å². The lowest BCUT2D eigenvalue weighted by molar-refractivity contribution is 0.173. The largest absolute Gasteiger partial charge is 0.316 e. The Hall–Kier alpha value is -0.0800. The van der Waals surface area contributed by atoms with Gasteiger partial charge in [-0.2, -0.15) is 0 Å². The molecule has 1 rings (SSSR count). The van der Waals surface area contributed by atoms with E-state index in [4.69, 9.17) is 0 Å². The lowest BCUT2D eigenvalue weighted by atomic mass is 9.85. The Balaban J connectivity index is 2.17. The zero-order chi connectivity index (χ0) is 13.5. The summed E-state index contributed by atoms with van der Waals surface area (Å²) >= 11 is 0. The van der Waals surface area contributed by atoms with Crippen LogP contribution >= 0.6 is 0 Å². The molecule has 18 heavy (non-hydrogen) atoms. The van der Waals surface area contributed by atoms with Gasteiger partial charge in [0.1, 0.15) is 0 Å². The number of nitrogens with one attached hydrogen (secondary N) is 1. The molecule has 1 N–H and O–H groups in total. The minimum atomic E-state index is 0.787. The van der Waals surface area contributed by atoms with Crippen LogP contribution in [0.25, 0.3) is 0 Å². The summed E-state index contributed by atoms with van der Waals surface area (Å²) in [5.74, 6) is 2.39. The molecule has 0 radical (unpaired) electrons. The molecule has 1 unspecified atom stereocenters. The van der Waals surface area contributed by atoms with Gasteiger partial charge in [-0.1, -0.05) is 34.1 Å². The molecular formula is C16H34N2. The molecule has 0 aromatic rings. The Morgan fingerprint density at radius 3 is 2.33 bits per heavy atom. The molecule has 0 aromatic carbocycles. The highest BCUT2D eigenvalue weighted by atomic mass is 15.1. The van der Waals surface area contributed by atoms with Gasteiger partial charge in [0.15, 0.2) is 0 Å². The highest BCUT2D eigenvalue weighted by Crippen LogP contribution is 2.20. The average Bonchev–Trinajstić information content (AvgIpc) is 2.30. The number of hydrogen-bond acceptors (Lipinski definition) is 2. The monoisotopic (exact) mass is 254 g/mol. The summed E-state index contributed by atoms with van der Waals surface area (Å²) in [6, 6.07) is 0.822. The molecule has 1 aliphatic rings. The molecule has 1 aliphatic heterocycles. The van der Waals surface area contributed by atoms with Gasteiger partial charge in [-0.15, -0.1) is 0 Å². The van der Waals surface area contributed by atoms with Crippen LogP contribution < -0.4 is 5.32 Å². The number of rotatable bonds is 7. The standard InChI is InChI=1S/C16H34N2/c1-13(2)16(14(3)4)12-17-10-9-15-8-6-7-11-18(15)5/h13-17H,6-12H2,1-5H3. The predicted molar refractivity (Wildman–Crippen MR) is 80.9 cm³/mol. The quantitative estimate of drug-likeness (QED) is 0.701. The van der Waals surface area contributed by atoms with Crippen LogP contribution in [0.1, 0.15) is 53.4 Å². The zero-order valence-electron chi connectivity index (χ0n) is 13.2. The van der Waals surface area contributed by atoms with Crippen molar-refractivity contribution in [2.45, 2.75) is 59.4 Å². The van der Waals surface area contributed by atoms with Crippen molar-refractivity contribution in [2.24, 2.45) is 17.8 Å². The molecular weight excluding hydrogens is 220 g/mol. The van der Waals surface area contributed by atoms with E-state index < -0.39 is 0 Å². The highest BCUT2D eigenvalue weighted by Gasteiger charge is 2.19. The van der Waals surface area contributed by atoms with Gasteiger partial charge in [-0.3, -0.25) is 0 Å². The molecule has 1 atom stereocenters. The first-order valence-corrected chi connectivity index (χ1v) is 7.93. The minimum absolute atomic E-state index is 0.787. The van der Waals surface area contributed by atoms with Crippen LogP contribution in [-0.2, 0) is 0 Å². The van der Waals surface area contributed by atoms with Crippen molar-refractivity contribution in [2.75, 3.05) is 26.7 Å². The molecule has 0 amide bonds. The van der Waals surface area contributed by atoms with E-state index in [2.05, 4.69) is 45.0 Å². The lowest BCUT2D eigenvalue weighted by Crippen LogP contribution is -2.39. The van der Waals surface area contributed by atoms with E-state index in [1.165, 1.54) is 45.3 Å². The van der Waals surface area contributed by atoms with Crippen LogP contribution in [0.5, 0.6) is 0 Å². The predicted octanol–water partition coefficient (Wildman–Crippen LogP) is 3.38. The summed E-state index contributed by atoms with van der Waals surface area (Å²) in [7, 11) is 2.29. The Kier molecular flexibility index (Phi) is 7.25. The van der Waals surface area contributed by atoms with Crippen molar-refractivity contribution in [3.63, 3.8) is 0 Å². The van der Waals surface area contributed by atoms with E-state index in [1.54, 1.807) is 0 Å². The Morgan fingerprint density at radius 1 is 1.11 bits per heavy atom. The first kappa shape index (κ1) is 16.0. The van der Waals surface area contributed by atoms with Gasteiger partial charge in [0.25, 0.3) is 0 Å². The van der Waals surface area contributed by atoms with Crippen LogP contribution in [0.4, 0.5) is 0 Å². The molecule has 2 nitrogen and oxygen atoms in total. The summed E-state index contributed by atoms with van der Waals surface area (Å²) in [6.45, 7) is 13.1. The smallest absolute Gasteiger partial charge is 0.0104 e. The number of nitrogens with zero attached hydrogens (tertiary/aromatic N) is 1. The van der Waals surface area contributed by atoms with E-state index >= 15 is 0 Å². The first-order chi connectivity index (χ1) is 8.52. The summed E-state index contributed by atoms with van der Waals surface area (Å²) in [5.41, 5.74) is 0. The van der Waals surface area contributed by atoms with Crippen LogP contribution in [0.3, 0.4) is 0 Å². The fraction of sp³-hybridized carbons (Fsp3) is 1.00. The summed E-state index contributed by atoms with van der Waals surface area (Å²) < 4.78 is 0. The molecule has 2 heteroatoms. The van der Waals surface area contributed by atoms with Gasteiger partial charge in [0.05, 0.1) is 0 Å². The average molecular weight is 254 g/mol. The second kappa shape index (κ2) is 8.16. The summed E-state index contributed by atoms with van der Waals surface area (Å²) in [5, 5.41) is 3.69. The fourth-order valence-corrected chi connectivity index (χ4v) is 3.29. The first-order valence-electron chi connectivity index (χ1n) is 7.93. The molecule has 1 heterocycles. The molecule has 1 saturated heterocycles. The van der Waals surface area contributed by atoms with E-state index in [0.717, 1.165) is 23.8 Å². The normalized spacial score (nSPS) is 22.3. The van der Waals surface area contributed by atoms with Crippen molar-refractivity contribution in [1.29, 1.82) is 0 Å². The third-order valence-electron chi connectivity index (χ3n) is 4.67. The topological polar surface area (TPSA) is 15.3 Å². The number of likely N-dealkylation sites (tertiary alicyclic amines) is 1. The molecule has 0 bridgehead atoms. The number of piperidine rings is 1. The van der Waals surface area contributed by atoms with Gasteiger partial charge in [0.2, 0.25) is 0 Å². The molecule has 0 aromatic heterocycles. The van der Waals surface area contributed by atoms with Gasteiger partial charge in [-0.25, -0.2) is 0 Å². The maximum atomic E-state index is 3.69. The highest BCUT2D eigenvalue weighted by molar-refractivity contribution is 4.76.